The molecule has 0 bridgehead atoms. The summed E-state index contributed by atoms with van der Waals surface area (Å²) in [7, 11) is 1.32. The minimum Gasteiger partial charge on any atom is -0.465 e. The van der Waals surface area contributed by atoms with Gasteiger partial charge in [0.25, 0.3) is 0 Å². The zero-order valence-corrected chi connectivity index (χ0v) is 10.2. The van der Waals surface area contributed by atoms with E-state index in [0.29, 0.717) is 11.3 Å². The third kappa shape index (κ3) is 2.59. The summed E-state index contributed by atoms with van der Waals surface area (Å²) in [6.07, 6.45) is 5.51. The Morgan fingerprint density at radius 2 is 1.89 bits per heavy atom. The molecule has 0 unspecified atom stereocenters. The van der Waals surface area contributed by atoms with E-state index in [2.05, 4.69) is 10.1 Å². The van der Waals surface area contributed by atoms with Gasteiger partial charge in [0.2, 0.25) is 5.91 Å². The first-order valence-electron chi connectivity index (χ1n) is 5.85. The van der Waals surface area contributed by atoms with E-state index in [-0.39, 0.29) is 11.8 Å². The molecule has 4 nitrogen and oxygen atoms in total. The number of nitrogens with one attached hydrogen (secondary N) is 1. The first-order valence-corrected chi connectivity index (χ1v) is 5.85. The second kappa shape index (κ2) is 5.49. The average Bonchev–Trinajstić information content (AvgIpc) is 2.92. The highest BCUT2D eigenvalue weighted by Crippen LogP contribution is 2.22. The molecule has 0 atom stereocenters. The number of amides is 1. The van der Waals surface area contributed by atoms with Gasteiger partial charge in [-0.3, -0.25) is 4.79 Å². The molecular weight excluding hydrogens is 230 g/mol. The maximum Gasteiger partial charge on any atom is 0.339 e. The predicted molar refractivity (Wildman–Crippen MR) is 68.3 cm³/mol. The Bertz CT molecular complexity index is 486. The summed E-state index contributed by atoms with van der Waals surface area (Å²) in [5.41, 5.74) is 0.876. The van der Waals surface area contributed by atoms with Gasteiger partial charge < -0.3 is 10.1 Å². The third-order valence-corrected chi connectivity index (χ3v) is 2.97. The molecule has 0 spiro atoms. The van der Waals surface area contributed by atoms with Crippen molar-refractivity contribution in [2.75, 3.05) is 12.4 Å². The Labute approximate surface area is 106 Å². The van der Waals surface area contributed by atoms with E-state index < -0.39 is 5.97 Å². The highest BCUT2D eigenvalue weighted by Gasteiger charge is 2.21. The Hall–Kier alpha value is -2.10. The summed E-state index contributed by atoms with van der Waals surface area (Å²) in [4.78, 5) is 23.5. The van der Waals surface area contributed by atoms with Crippen LogP contribution in [-0.4, -0.2) is 19.0 Å². The van der Waals surface area contributed by atoms with Crippen LogP contribution in [0.3, 0.4) is 0 Å². The number of esters is 1. The van der Waals surface area contributed by atoms with Gasteiger partial charge in [-0.05, 0) is 25.0 Å². The van der Waals surface area contributed by atoms with Gasteiger partial charge in [0.15, 0.2) is 0 Å². The van der Waals surface area contributed by atoms with Crippen molar-refractivity contribution in [3.05, 3.63) is 42.0 Å². The van der Waals surface area contributed by atoms with Crippen molar-refractivity contribution < 1.29 is 14.3 Å². The number of methoxy groups -OCH3 is 1. The van der Waals surface area contributed by atoms with E-state index in [0.717, 1.165) is 12.8 Å². The van der Waals surface area contributed by atoms with E-state index in [1.165, 1.54) is 7.11 Å². The summed E-state index contributed by atoms with van der Waals surface area (Å²) in [5.74, 6) is -0.539. The summed E-state index contributed by atoms with van der Waals surface area (Å²) in [6, 6.07) is 6.84. The Morgan fingerprint density at radius 1 is 1.22 bits per heavy atom. The number of hydrogen-bond acceptors (Lipinski definition) is 3. The van der Waals surface area contributed by atoms with Gasteiger partial charge in [0, 0.05) is 5.92 Å². The fraction of sp³-hybridized carbons (Fsp3) is 0.286. The van der Waals surface area contributed by atoms with Gasteiger partial charge in [-0.25, -0.2) is 4.79 Å². The largest absolute Gasteiger partial charge is 0.465 e. The second-order valence-corrected chi connectivity index (χ2v) is 4.17. The first-order chi connectivity index (χ1) is 8.72. The van der Waals surface area contributed by atoms with Gasteiger partial charge in [-0.1, -0.05) is 24.3 Å². The summed E-state index contributed by atoms with van der Waals surface area (Å²) >= 11 is 0. The lowest BCUT2D eigenvalue weighted by molar-refractivity contribution is -0.119. The molecule has 2 rings (SSSR count). The molecule has 0 fully saturated rings. The second-order valence-electron chi connectivity index (χ2n) is 4.17. The van der Waals surface area contributed by atoms with Crippen molar-refractivity contribution in [2.45, 2.75) is 12.8 Å². The molecule has 0 aromatic heterocycles. The van der Waals surface area contributed by atoms with Crippen molar-refractivity contribution in [3.63, 3.8) is 0 Å². The van der Waals surface area contributed by atoms with E-state index in [1.54, 1.807) is 24.3 Å². The molecule has 0 saturated heterocycles. The molecule has 1 amide bonds. The Kier molecular flexibility index (Phi) is 3.77. The number of allylic oxidation sites excluding steroid dienone is 2. The standard InChI is InChI=1S/C14H15NO3/c1-18-14(17)11-8-4-5-9-12(11)15-13(16)10-6-2-3-7-10/h2-5,8-10H,6-7H2,1H3,(H,15,16). The van der Waals surface area contributed by atoms with Crippen molar-refractivity contribution >= 4 is 17.6 Å². The van der Waals surface area contributed by atoms with Gasteiger partial charge in [0.1, 0.15) is 0 Å². The molecule has 4 heteroatoms. The number of rotatable bonds is 3. The van der Waals surface area contributed by atoms with Gasteiger partial charge in [0.05, 0.1) is 18.4 Å². The highest BCUT2D eigenvalue weighted by atomic mass is 16.5. The van der Waals surface area contributed by atoms with Crippen LogP contribution in [0.5, 0.6) is 0 Å². The molecule has 1 aromatic carbocycles. The topological polar surface area (TPSA) is 55.4 Å². The number of carbonyl (C=O) groups is 2. The van der Waals surface area contributed by atoms with Gasteiger partial charge in [-0.2, -0.15) is 0 Å². The number of hydrogen-bond donors (Lipinski definition) is 1. The van der Waals surface area contributed by atoms with Crippen LogP contribution in [0.4, 0.5) is 5.69 Å². The van der Waals surface area contributed by atoms with Crippen LogP contribution in [0, 0.1) is 5.92 Å². The SMILES string of the molecule is COC(=O)c1ccccc1NC(=O)C1CC=CC1. The van der Waals surface area contributed by atoms with Crippen LogP contribution in [-0.2, 0) is 9.53 Å². The molecule has 1 aromatic rings. The number of carbonyl (C=O) groups excluding carboxylic acids is 2. The number of benzene rings is 1. The molecule has 0 heterocycles. The maximum absolute atomic E-state index is 12.0. The van der Waals surface area contributed by atoms with Crippen LogP contribution in [0.2, 0.25) is 0 Å². The third-order valence-electron chi connectivity index (χ3n) is 2.97. The number of ether oxygens (including phenoxy) is 1. The fourth-order valence-electron chi connectivity index (χ4n) is 1.95. The van der Waals surface area contributed by atoms with Crippen molar-refractivity contribution in [1.82, 2.24) is 0 Å². The van der Waals surface area contributed by atoms with Crippen molar-refractivity contribution in [1.29, 1.82) is 0 Å². The minimum atomic E-state index is -0.449. The van der Waals surface area contributed by atoms with Gasteiger partial charge in [-0.15, -0.1) is 0 Å². The molecule has 1 N–H and O–H groups in total. The normalized spacial score (nSPS) is 14.5. The lowest BCUT2D eigenvalue weighted by Gasteiger charge is -2.12. The monoisotopic (exact) mass is 245 g/mol. The smallest absolute Gasteiger partial charge is 0.339 e. The zero-order valence-electron chi connectivity index (χ0n) is 10.2. The first kappa shape index (κ1) is 12.4. The predicted octanol–water partition coefficient (Wildman–Crippen LogP) is 2.38. The molecule has 0 saturated carbocycles. The molecule has 94 valence electrons. The van der Waals surface area contributed by atoms with Crippen LogP contribution >= 0.6 is 0 Å². The molecule has 0 radical (unpaired) electrons. The molecule has 1 aliphatic carbocycles. The quantitative estimate of drug-likeness (QED) is 0.657. The van der Waals surface area contributed by atoms with E-state index in [1.807, 2.05) is 12.2 Å². The van der Waals surface area contributed by atoms with Crippen molar-refractivity contribution in [3.8, 4) is 0 Å². The molecule has 0 aliphatic heterocycles. The van der Waals surface area contributed by atoms with Crippen LogP contribution in [0.15, 0.2) is 36.4 Å². The number of para-hydroxylation sites is 1. The van der Waals surface area contributed by atoms with E-state index in [9.17, 15) is 9.59 Å². The average molecular weight is 245 g/mol. The fourth-order valence-corrected chi connectivity index (χ4v) is 1.95. The number of anilines is 1. The molecule has 18 heavy (non-hydrogen) atoms. The van der Waals surface area contributed by atoms with Gasteiger partial charge >= 0.3 is 5.97 Å². The summed E-state index contributed by atoms with van der Waals surface area (Å²) < 4.78 is 4.68. The lowest BCUT2D eigenvalue weighted by atomic mass is 10.1. The maximum atomic E-state index is 12.0. The summed E-state index contributed by atoms with van der Waals surface area (Å²) in [5, 5.41) is 2.79. The lowest BCUT2D eigenvalue weighted by Crippen LogP contribution is -2.22. The Balaban J connectivity index is 2.13. The van der Waals surface area contributed by atoms with Crippen LogP contribution in [0.1, 0.15) is 23.2 Å². The van der Waals surface area contributed by atoms with Crippen LogP contribution in [0.25, 0.3) is 0 Å². The summed E-state index contributed by atoms with van der Waals surface area (Å²) in [6.45, 7) is 0. The molecular formula is C14H15NO3. The van der Waals surface area contributed by atoms with Crippen LogP contribution < -0.4 is 5.32 Å². The molecule has 1 aliphatic rings. The zero-order chi connectivity index (χ0) is 13.0. The van der Waals surface area contributed by atoms with Crippen molar-refractivity contribution in [2.24, 2.45) is 5.92 Å². The minimum absolute atomic E-state index is 0.0318. The van der Waals surface area contributed by atoms with E-state index >= 15 is 0 Å². The Morgan fingerprint density at radius 3 is 2.56 bits per heavy atom. The highest BCUT2D eigenvalue weighted by molar-refractivity contribution is 6.01. The van der Waals surface area contributed by atoms with E-state index in [4.69, 9.17) is 0 Å².